The molecule has 2 aromatic heterocycles. The summed E-state index contributed by atoms with van der Waals surface area (Å²) >= 11 is 1.50. The number of aryl methyl sites for hydroxylation is 1. The molecule has 1 saturated heterocycles. The van der Waals surface area contributed by atoms with Crippen LogP contribution in [0.1, 0.15) is 31.2 Å². The zero-order valence-corrected chi connectivity index (χ0v) is 11.8. The van der Waals surface area contributed by atoms with Crippen molar-refractivity contribution in [3.05, 3.63) is 11.3 Å². The number of amides is 1. The fraction of sp³-hybridized carbons (Fsp3) is 0.667. The van der Waals surface area contributed by atoms with Gasteiger partial charge in [-0.2, -0.15) is 9.61 Å². The second kappa shape index (κ2) is 5.24. The van der Waals surface area contributed by atoms with Gasteiger partial charge < -0.3 is 4.90 Å². The third-order valence-corrected chi connectivity index (χ3v) is 4.46. The number of nitrogens with zero attached hydrogens (tertiary/aromatic N) is 5. The Bertz CT molecular complexity index is 549. The maximum Gasteiger partial charge on any atom is 0.234 e. The van der Waals surface area contributed by atoms with E-state index in [1.807, 2.05) is 4.90 Å². The molecular weight excluding hydrogens is 262 g/mol. The van der Waals surface area contributed by atoms with Crippen LogP contribution in [0.2, 0.25) is 0 Å². The van der Waals surface area contributed by atoms with Crippen LogP contribution in [0.3, 0.4) is 0 Å². The zero-order valence-electron chi connectivity index (χ0n) is 10.9. The number of hydrogen-bond donors (Lipinski definition) is 0. The van der Waals surface area contributed by atoms with Crippen molar-refractivity contribution in [3.63, 3.8) is 0 Å². The molecule has 0 bridgehead atoms. The fourth-order valence-corrected chi connectivity index (χ4v) is 3.30. The van der Waals surface area contributed by atoms with Crippen LogP contribution in [-0.4, -0.2) is 43.7 Å². The summed E-state index contributed by atoms with van der Waals surface area (Å²) in [5.74, 6) is 0.879. The molecule has 0 N–H and O–H groups in total. The van der Waals surface area contributed by atoms with E-state index >= 15 is 0 Å². The number of piperidine rings is 1. The first-order valence-corrected chi connectivity index (χ1v) is 7.47. The highest BCUT2D eigenvalue weighted by atomic mass is 32.1. The number of aromatic nitrogens is 4. The Balaban J connectivity index is 1.56. The topological polar surface area (TPSA) is 63.4 Å². The minimum absolute atomic E-state index is 0.248. The number of carbonyl (C=O) groups excluding carboxylic acids is 1. The number of fused-ring (bicyclic) bond motifs is 1. The van der Waals surface area contributed by atoms with Crippen molar-refractivity contribution >= 4 is 22.2 Å². The standard InChI is InChI=1S/C12H17N5OS/c1-9-3-2-6-16(7-9)11(18)5-4-10-15-17-8-13-14-12(17)19-10/h8-9H,2-7H2,1H3. The van der Waals surface area contributed by atoms with Gasteiger partial charge in [-0.3, -0.25) is 4.79 Å². The zero-order chi connectivity index (χ0) is 13.2. The average Bonchev–Trinajstić information content (AvgIpc) is 2.96. The van der Waals surface area contributed by atoms with Crippen molar-refractivity contribution in [2.45, 2.75) is 32.6 Å². The van der Waals surface area contributed by atoms with Crippen LogP contribution >= 0.6 is 11.3 Å². The van der Waals surface area contributed by atoms with Gasteiger partial charge in [0.1, 0.15) is 11.3 Å². The molecule has 1 fully saturated rings. The minimum Gasteiger partial charge on any atom is -0.342 e. The van der Waals surface area contributed by atoms with Crippen molar-refractivity contribution in [2.24, 2.45) is 5.92 Å². The average molecular weight is 279 g/mol. The molecule has 7 heteroatoms. The summed E-state index contributed by atoms with van der Waals surface area (Å²) in [4.78, 5) is 14.9. The Morgan fingerprint density at radius 2 is 2.47 bits per heavy atom. The second-order valence-corrected chi connectivity index (χ2v) is 6.18. The first kappa shape index (κ1) is 12.5. The van der Waals surface area contributed by atoms with Crippen LogP contribution in [0.25, 0.3) is 4.96 Å². The Morgan fingerprint density at radius 1 is 1.58 bits per heavy atom. The van der Waals surface area contributed by atoms with E-state index in [1.54, 1.807) is 10.8 Å². The highest BCUT2D eigenvalue weighted by Crippen LogP contribution is 2.18. The SMILES string of the molecule is CC1CCCN(C(=O)CCc2nn3cnnc3s2)C1. The van der Waals surface area contributed by atoms with Crippen LogP contribution in [-0.2, 0) is 11.2 Å². The van der Waals surface area contributed by atoms with Crippen molar-refractivity contribution in [2.75, 3.05) is 13.1 Å². The van der Waals surface area contributed by atoms with Crippen molar-refractivity contribution in [1.29, 1.82) is 0 Å². The molecule has 0 saturated carbocycles. The van der Waals surface area contributed by atoms with Gasteiger partial charge in [-0.1, -0.05) is 18.3 Å². The van der Waals surface area contributed by atoms with E-state index in [-0.39, 0.29) is 5.91 Å². The van der Waals surface area contributed by atoms with E-state index in [1.165, 1.54) is 17.8 Å². The van der Waals surface area contributed by atoms with Crippen LogP contribution < -0.4 is 0 Å². The molecule has 19 heavy (non-hydrogen) atoms. The molecule has 1 aliphatic heterocycles. The van der Waals surface area contributed by atoms with Crippen molar-refractivity contribution in [3.8, 4) is 0 Å². The Labute approximate surface area is 115 Å². The van der Waals surface area contributed by atoms with Crippen LogP contribution in [0.5, 0.6) is 0 Å². The summed E-state index contributed by atoms with van der Waals surface area (Å²) in [6, 6.07) is 0. The van der Waals surface area contributed by atoms with Crippen molar-refractivity contribution in [1.82, 2.24) is 24.7 Å². The fourth-order valence-electron chi connectivity index (χ4n) is 2.49. The molecule has 3 heterocycles. The molecule has 102 valence electrons. The third-order valence-electron chi connectivity index (χ3n) is 3.49. The molecular formula is C12H17N5OS. The lowest BCUT2D eigenvalue weighted by molar-refractivity contribution is -0.132. The van der Waals surface area contributed by atoms with E-state index in [9.17, 15) is 4.79 Å². The van der Waals surface area contributed by atoms with Gasteiger partial charge >= 0.3 is 0 Å². The summed E-state index contributed by atoms with van der Waals surface area (Å²) in [6.45, 7) is 4.03. The maximum absolute atomic E-state index is 12.1. The molecule has 0 spiro atoms. The van der Waals surface area contributed by atoms with Gasteiger partial charge in [-0.15, -0.1) is 10.2 Å². The van der Waals surface area contributed by atoms with Crippen LogP contribution in [0, 0.1) is 5.92 Å². The van der Waals surface area contributed by atoms with Gasteiger partial charge in [0, 0.05) is 25.9 Å². The molecule has 1 amide bonds. The molecule has 0 aromatic carbocycles. The van der Waals surface area contributed by atoms with Crippen LogP contribution in [0.4, 0.5) is 0 Å². The molecule has 1 aliphatic rings. The van der Waals surface area contributed by atoms with Gasteiger partial charge in [-0.25, -0.2) is 0 Å². The maximum atomic E-state index is 12.1. The lowest BCUT2D eigenvalue weighted by Gasteiger charge is -2.30. The van der Waals surface area contributed by atoms with Crippen molar-refractivity contribution < 1.29 is 4.79 Å². The molecule has 0 aliphatic carbocycles. The van der Waals surface area contributed by atoms with Gasteiger partial charge in [0.2, 0.25) is 10.9 Å². The second-order valence-electron chi connectivity index (χ2n) is 5.14. The highest BCUT2D eigenvalue weighted by Gasteiger charge is 2.20. The van der Waals surface area contributed by atoms with Gasteiger partial charge in [0.05, 0.1) is 0 Å². The van der Waals surface area contributed by atoms with Gasteiger partial charge in [-0.05, 0) is 18.8 Å². The summed E-state index contributed by atoms with van der Waals surface area (Å²) in [5, 5.41) is 13.0. The van der Waals surface area contributed by atoms with Crippen LogP contribution in [0.15, 0.2) is 6.33 Å². The van der Waals surface area contributed by atoms with E-state index in [4.69, 9.17) is 0 Å². The highest BCUT2D eigenvalue weighted by molar-refractivity contribution is 7.16. The van der Waals surface area contributed by atoms with Gasteiger partial charge in [0.15, 0.2) is 0 Å². The summed E-state index contributed by atoms with van der Waals surface area (Å²) in [5.41, 5.74) is 0. The molecule has 2 aromatic rings. The number of likely N-dealkylation sites (tertiary alicyclic amines) is 1. The minimum atomic E-state index is 0.248. The molecule has 0 radical (unpaired) electrons. The molecule has 3 rings (SSSR count). The number of carbonyl (C=O) groups is 1. The van der Waals surface area contributed by atoms with E-state index in [0.717, 1.165) is 29.5 Å². The Morgan fingerprint density at radius 3 is 3.26 bits per heavy atom. The lowest BCUT2D eigenvalue weighted by Crippen LogP contribution is -2.39. The number of hydrogen-bond acceptors (Lipinski definition) is 5. The molecule has 1 unspecified atom stereocenters. The quantitative estimate of drug-likeness (QED) is 0.851. The predicted molar refractivity (Wildman–Crippen MR) is 72.0 cm³/mol. The van der Waals surface area contributed by atoms with Gasteiger partial charge in [0.25, 0.3) is 0 Å². The van der Waals surface area contributed by atoms with E-state index in [0.29, 0.717) is 18.8 Å². The largest absolute Gasteiger partial charge is 0.342 e. The van der Waals surface area contributed by atoms with E-state index < -0.39 is 0 Å². The number of rotatable bonds is 3. The predicted octanol–water partition coefficient (Wildman–Crippen LogP) is 1.38. The first-order valence-electron chi connectivity index (χ1n) is 6.66. The Hall–Kier alpha value is -1.50. The summed E-state index contributed by atoms with van der Waals surface area (Å²) in [7, 11) is 0. The normalized spacial score (nSPS) is 20.1. The first-order chi connectivity index (χ1) is 9.22. The third kappa shape index (κ3) is 2.75. The molecule has 1 atom stereocenters. The summed E-state index contributed by atoms with van der Waals surface area (Å²) < 4.78 is 1.66. The van der Waals surface area contributed by atoms with E-state index in [2.05, 4.69) is 22.2 Å². The smallest absolute Gasteiger partial charge is 0.234 e. The Kier molecular flexibility index (Phi) is 3.46. The molecule has 6 nitrogen and oxygen atoms in total. The monoisotopic (exact) mass is 279 g/mol. The summed E-state index contributed by atoms with van der Waals surface area (Å²) in [6.07, 6.45) is 5.18. The lowest BCUT2D eigenvalue weighted by atomic mass is 10.00.